The number of benzene rings is 2. The first-order valence-electron chi connectivity index (χ1n) is 11.0. The zero-order valence-electron chi connectivity index (χ0n) is 22.6. The molecule has 1 unspecified atom stereocenters. The number of fused-ring (bicyclic) bond motifs is 1. The molecule has 0 aliphatic rings. The van der Waals surface area contributed by atoms with Gasteiger partial charge in [-0.3, -0.25) is 9.19 Å². The van der Waals surface area contributed by atoms with E-state index in [4.69, 9.17) is 9.47 Å². The minimum Gasteiger partial charge on any atom is -1.00 e. The molecular formula is C24H22F2N3NaO8S2. The molecular weight excluding hydrogens is 583 g/mol. The number of pyridine rings is 1. The van der Waals surface area contributed by atoms with Gasteiger partial charge in [0.15, 0.2) is 11.5 Å². The van der Waals surface area contributed by atoms with Gasteiger partial charge in [-0.1, -0.05) is 6.07 Å². The van der Waals surface area contributed by atoms with E-state index in [0.29, 0.717) is 9.72 Å². The van der Waals surface area contributed by atoms with E-state index in [9.17, 15) is 31.3 Å². The molecule has 0 bridgehead atoms. The van der Waals surface area contributed by atoms with Crippen LogP contribution in [0.5, 0.6) is 17.2 Å². The number of methoxy groups -OCH3 is 2. The second kappa shape index (κ2) is 12.6. The Morgan fingerprint density at radius 1 is 1.15 bits per heavy atom. The molecule has 0 amide bonds. The monoisotopic (exact) mass is 605 g/mol. The minimum atomic E-state index is -4.61. The van der Waals surface area contributed by atoms with Gasteiger partial charge < -0.3 is 20.7 Å². The van der Waals surface area contributed by atoms with Crippen LogP contribution in [0.2, 0.25) is 0 Å². The number of aromatic nitrogens is 3. The number of alkyl halides is 2. The largest absolute Gasteiger partial charge is 1.00 e. The number of carboxylic acids is 1. The molecule has 0 saturated heterocycles. The number of hydrogen-bond donors (Lipinski definition) is 1. The van der Waals surface area contributed by atoms with Gasteiger partial charge in [0.05, 0.1) is 58.0 Å². The van der Waals surface area contributed by atoms with Crippen molar-refractivity contribution < 1.29 is 76.5 Å². The zero-order valence-corrected chi connectivity index (χ0v) is 25.3. The van der Waals surface area contributed by atoms with Crippen LogP contribution in [0.1, 0.15) is 23.0 Å². The van der Waals surface area contributed by atoms with Crippen molar-refractivity contribution in [3.8, 4) is 17.2 Å². The van der Waals surface area contributed by atoms with Crippen molar-refractivity contribution >= 4 is 37.8 Å². The molecule has 0 radical (unpaired) electrons. The number of aryl methyl sites for hydroxylation is 1. The summed E-state index contributed by atoms with van der Waals surface area (Å²) in [5.41, 5.74) is -0.0862. The fraction of sp³-hybridized carbons (Fsp3) is 0.208. The maximum Gasteiger partial charge on any atom is 1.00 e. The van der Waals surface area contributed by atoms with E-state index < -0.39 is 38.6 Å². The quantitative estimate of drug-likeness (QED) is 0.257. The summed E-state index contributed by atoms with van der Waals surface area (Å²) in [6, 6.07) is 8.45. The van der Waals surface area contributed by atoms with Crippen LogP contribution in [0.15, 0.2) is 58.7 Å². The summed E-state index contributed by atoms with van der Waals surface area (Å²) in [4.78, 5) is 19.5. The van der Waals surface area contributed by atoms with E-state index in [-0.39, 0.29) is 81.0 Å². The number of rotatable bonds is 10. The van der Waals surface area contributed by atoms with Crippen LogP contribution >= 0.6 is 0 Å². The van der Waals surface area contributed by atoms with Crippen LogP contribution in [-0.4, -0.2) is 58.5 Å². The number of carboxylic acid groups (broad SMARTS) is 1. The van der Waals surface area contributed by atoms with Gasteiger partial charge in [0.1, 0.15) is 5.75 Å². The molecule has 1 atom stereocenters. The predicted octanol–water partition coefficient (Wildman–Crippen LogP) is 0.718. The van der Waals surface area contributed by atoms with E-state index in [1.807, 2.05) is 0 Å². The molecule has 4 rings (SSSR count). The fourth-order valence-electron chi connectivity index (χ4n) is 3.82. The number of ether oxygens (including phenoxy) is 3. The van der Waals surface area contributed by atoms with Crippen molar-refractivity contribution in [2.75, 3.05) is 14.2 Å². The van der Waals surface area contributed by atoms with Gasteiger partial charge in [-0.2, -0.15) is 8.78 Å². The fourth-order valence-corrected chi connectivity index (χ4v) is 7.04. The third-order valence-electron chi connectivity index (χ3n) is 5.57. The minimum absolute atomic E-state index is 0. The second-order valence-corrected chi connectivity index (χ2v) is 11.1. The molecule has 0 aliphatic carbocycles. The molecule has 0 fully saturated rings. The molecule has 2 heterocycles. The normalized spacial score (nSPS) is 12.2. The summed E-state index contributed by atoms with van der Waals surface area (Å²) in [6.45, 7) is -1.68. The Bertz CT molecular complexity index is 1720. The maximum atomic E-state index is 14.0. The van der Waals surface area contributed by atoms with Crippen molar-refractivity contribution in [2.45, 2.75) is 29.3 Å². The van der Waals surface area contributed by atoms with Crippen molar-refractivity contribution in [3.05, 3.63) is 65.5 Å². The molecule has 0 spiro atoms. The van der Waals surface area contributed by atoms with Crippen LogP contribution in [0.25, 0.3) is 11.0 Å². The molecule has 40 heavy (non-hydrogen) atoms. The van der Waals surface area contributed by atoms with Gasteiger partial charge in [-0.05, 0) is 36.8 Å². The number of imidazole rings is 1. The predicted molar refractivity (Wildman–Crippen MR) is 136 cm³/mol. The number of hydrogen-bond acceptors (Lipinski definition) is 9. The smallest absolute Gasteiger partial charge is 1.00 e. The Hall–Kier alpha value is -3.11. The maximum absolute atomic E-state index is 14.0. The van der Waals surface area contributed by atoms with Crippen molar-refractivity contribution in [2.24, 2.45) is 0 Å². The van der Waals surface area contributed by atoms with E-state index >= 15 is 0 Å². The van der Waals surface area contributed by atoms with Crippen LogP contribution in [0.3, 0.4) is 0 Å². The topological polar surface area (TPSA) is 147 Å². The number of halogens is 2. The summed E-state index contributed by atoms with van der Waals surface area (Å²) < 4.78 is 82.8. The summed E-state index contributed by atoms with van der Waals surface area (Å²) in [5.74, 6) is -1.52. The van der Waals surface area contributed by atoms with Gasteiger partial charge in [0.25, 0.3) is 10.0 Å². The molecule has 16 heteroatoms. The number of nitrogens with zero attached hydrogens (tertiary/aromatic N) is 3. The summed E-state index contributed by atoms with van der Waals surface area (Å²) in [5, 5.41) is 8.95. The van der Waals surface area contributed by atoms with E-state index in [0.717, 1.165) is 18.2 Å². The Morgan fingerprint density at radius 3 is 2.50 bits per heavy atom. The average Bonchev–Trinajstić information content (AvgIpc) is 3.28. The summed E-state index contributed by atoms with van der Waals surface area (Å²) in [6.07, 6.45) is 1.39. The molecule has 0 aliphatic heterocycles. The van der Waals surface area contributed by atoms with E-state index in [1.54, 1.807) is 0 Å². The molecule has 208 valence electrons. The van der Waals surface area contributed by atoms with Crippen LogP contribution in [-0.2, 0) is 26.6 Å². The van der Waals surface area contributed by atoms with Crippen LogP contribution in [0.4, 0.5) is 8.78 Å². The zero-order chi connectivity index (χ0) is 28.5. The van der Waals surface area contributed by atoms with Gasteiger partial charge in [0, 0.05) is 18.3 Å². The first kappa shape index (κ1) is 31.4. The molecule has 2 aromatic carbocycles. The van der Waals surface area contributed by atoms with Gasteiger partial charge in [0.2, 0.25) is 5.16 Å². The Kier molecular flexibility index (Phi) is 9.89. The third kappa shape index (κ3) is 6.12. The average molecular weight is 606 g/mol. The first-order valence-corrected chi connectivity index (χ1v) is 13.7. The first-order chi connectivity index (χ1) is 18.5. The number of carbonyl (C=O) groups is 1. The Morgan fingerprint density at radius 2 is 1.88 bits per heavy atom. The number of aromatic carboxylic acids is 1. The van der Waals surface area contributed by atoms with Crippen molar-refractivity contribution in [1.82, 2.24) is 13.9 Å². The van der Waals surface area contributed by atoms with E-state index in [2.05, 4.69) is 14.7 Å². The van der Waals surface area contributed by atoms with Crippen molar-refractivity contribution in [1.29, 1.82) is 0 Å². The summed E-state index contributed by atoms with van der Waals surface area (Å²) >= 11 is 0. The van der Waals surface area contributed by atoms with Crippen LogP contribution in [0, 0.1) is 6.92 Å². The molecule has 4 aromatic rings. The van der Waals surface area contributed by atoms with Crippen LogP contribution < -0.4 is 43.8 Å². The SMILES string of the molecule is COc1ccnc(CS(=O)c2nc3cc(OC(F)F)ccc3n2S(=O)(=O)c2cc(C(=O)O)ccc2C)c1OC.[H-].[Na+]. The van der Waals surface area contributed by atoms with Crippen molar-refractivity contribution in [3.63, 3.8) is 0 Å². The Labute approximate surface area is 253 Å². The van der Waals surface area contributed by atoms with Gasteiger partial charge in [-0.25, -0.2) is 22.2 Å². The Balaban J connectivity index is 0.00000294. The third-order valence-corrected chi connectivity index (χ3v) is 8.75. The van der Waals surface area contributed by atoms with Gasteiger partial charge >= 0.3 is 42.1 Å². The van der Waals surface area contributed by atoms with Gasteiger partial charge in [-0.15, -0.1) is 0 Å². The standard InChI is InChI=1S/C24H21F2N3O8S2.Na.H/c1-13-4-5-14(22(30)31)10-20(13)39(33,34)29-18-7-6-15(37-23(25)26)11-16(18)28-24(29)38(32)12-17-21(36-3)19(35-2)8-9-27-17;;/h4-11,23H,12H2,1-3H3,(H,30,31);;/q;+1;-1. The molecule has 2 aromatic heterocycles. The second-order valence-electron chi connectivity index (χ2n) is 7.96. The molecule has 11 nitrogen and oxygen atoms in total. The summed E-state index contributed by atoms with van der Waals surface area (Å²) in [7, 11) is -4.04. The van der Waals surface area contributed by atoms with E-state index in [1.165, 1.54) is 51.6 Å². The molecule has 1 N–H and O–H groups in total. The molecule has 0 saturated carbocycles.